The fourth-order valence-corrected chi connectivity index (χ4v) is 2.73. The second-order valence-electron chi connectivity index (χ2n) is 4.43. The summed E-state index contributed by atoms with van der Waals surface area (Å²) in [6.07, 6.45) is 5.61. The van der Waals surface area contributed by atoms with Gasteiger partial charge >= 0.3 is 0 Å². The SMILES string of the molecule is NCC1CCn2cnc(C3CCCO3)c21. The standard InChI is InChI=1S/C11H17N3O/c12-6-8-3-4-14-7-13-10(11(8)14)9-2-1-5-15-9/h7-9H,1-6,12H2. The quantitative estimate of drug-likeness (QED) is 0.792. The van der Waals surface area contributed by atoms with E-state index in [-0.39, 0.29) is 6.10 Å². The Bertz CT molecular complexity index is 355. The molecule has 0 spiro atoms. The fourth-order valence-electron chi connectivity index (χ4n) is 2.73. The molecule has 4 heteroatoms. The Morgan fingerprint density at radius 1 is 1.53 bits per heavy atom. The number of rotatable bonds is 2. The molecule has 2 N–H and O–H groups in total. The smallest absolute Gasteiger partial charge is 0.101 e. The Balaban J connectivity index is 1.95. The first-order valence-corrected chi connectivity index (χ1v) is 5.76. The van der Waals surface area contributed by atoms with Crippen LogP contribution in [-0.2, 0) is 11.3 Å². The monoisotopic (exact) mass is 207 g/mol. The minimum absolute atomic E-state index is 0.230. The molecule has 0 aliphatic carbocycles. The number of nitrogens with zero attached hydrogens (tertiary/aromatic N) is 2. The molecular weight excluding hydrogens is 190 g/mol. The topological polar surface area (TPSA) is 53.1 Å². The van der Waals surface area contributed by atoms with E-state index in [9.17, 15) is 0 Å². The number of aryl methyl sites for hydroxylation is 1. The molecule has 3 rings (SSSR count). The van der Waals surface area contributed by atoms with E-state index in [1.807, 2.05) is 6.33 Å². The van der Waals surface area contributed by atoms with Crippen molar-refractivity contribution < 1.29 is 4.74 Å². The zero-order valence-electron chi connectivity index (χ0n) is 8.85. The molecule has 2 atom stereocenters. The molecule has 15 heavy (non-hydrogen) atoms. The van der Waals surface area contributed by atoms with E-state index in [1.165, 1.54) is 5.69 Å². The Hall–Kier alpha value is -0.870. The highest BCUT2D eigenvalue weighted by atomic mass is 16.5. The first-order valence-electron chi connectivity index (χ1n) is 5.76. The third-order valence-electron chi connectivity index (χ3n) is 3.53. The third kappa shape index (κ3) is 1.40. The first-order chi connectivity index (χ1) is 7.40. The molecular formula is C11H17N3O. The van der Waals surface area contributed by atoms with E-state index in [4.69, 9.17) is 10.5 Å². The van der Waals surface area contributed by atoms with Gasteiger partial charge in [-0.3, -0.25) is 0 Å². The molecule has 3 heterocycles. The van der Waals surface area contributed by atoms with Gasteiger partial charge in [-0.25, -0.2) is 4.98 Å². The van der Waals surface area contributed by atoms with Crippen molar-refractivity contribution in [1.29, 1.82) is 0 Å². The van der Waals surface area contributed by atoms with Crippen LogP contribution in [0.25, 0.3) is 0 Å². The number of hydrogen-bond acceptors (Lipinski definition) is 3. The van der Waals surface area contributed by atoms with Crippen LogP contribution < -0.4 is 5.73 Å². The molecule has 0 radical (unpaired) electrons. The highest BCUT2D eigenvalue weighted by molar-refractivity contribution is 5.24. The van der Waals surface area contributed by atoms with Crippen molar-refractivity contribution in [3.8, 4) is 0 Å². The molecule has 82 valence electrons. The molecule has 0 bridgehead atoms. The van der Waals surface area contributed by atoms with Crippen LogP contribution in [0.5, 0.6) is 0 Å². The number of hydrogen-bond donors (Lipinski definition) is 1. The van der Waals surface area contributed by atoms with Crippen molar-refractivity contribution in [3.05, 3.63) is 17.7 Å². The molecule has 1 saturated heterocycles. The molecule has 2 aliphatic rings. The minimum atomic E-state index is 0.230. The third-order valence-corrected chi connectivity index (χ3v) is 3.53. The lowest BCUT2D eigenvalue weighted by molar-refractivity contribution is 0.108. The summed E-state index contributed by atoms with van der Waals surface area (Å²) >= 11 is 0. The number of fused-ring (bicyclic) bond motifs is 1. The van der Waals surface area contributed by atoms with Gasteiger partial charge in [-0.05, 0) is 19.3 Å². The molecule has 1 aromatic rings. The van der Waals surface area contributed by atoms with Gasteiger partial charge in [-0.2, -0.15) is 0 Å². The maximum Gasteiger partial charge on any atom is 0.101 e. The summed E-state index contributed by atoms with van der Waals surface area (Å²) in [5, 5.41) is 0. The van der Waals surface area contributed by atoms with Crippen molar-refractivity contribution in [3.63, 3.8) is 0 Å². The molecule has 1 aromatic heterocycles. The number of aromatic nitrogens is 2. The average Bonchev–Trinajstić information content (AvgIpc) is 2.94. The Kier molecular flexibility index (Phi) is 2.25. The van der Waals surface area contributed by atoms with Gasteiger partial charge in [0.25, 0.3) is 0 Å². The lowest BCUT2D eigenvalue weighted by atomic mass is 10.0. The second kappa shape index (κ2) is 3.61. The minimum Gasteiger partial charge on any atom is -0.372 e. The Morgan fingerprint density at radius 2 is 2.47 bits per heavy atom. The van der Waals surface area contributed by atoms with Crippen LogP contribution in [-0.4, -0.2) is 22.7 Å². The van der Waals surface area contributed by atoms with Crippen molar-refractivity contribution >= 4 is 0 Å². The maximum atomic E-state index is 5.79. The number of nitrogens with two attached hydrogens (primary N) is 1. The number of imidazole rings is 1. The van der Waals surface area contributed by atoms with Gasteiger partial charge in [0.15, 0.2) is 0 Å². The van der Waals surface area contributed by atoms with Crippen molar-refractivity contribution in [1.82, 2.24) is 9.55 Å². The molecule has 0 amide bonds. The van der Waals surface area contributed by atoms with Crippen LogP contribution in [0.3, 0.4) is 0 Å². The normalized spacial score (nSPS) is 29.7. The molecule has 1 fully saturated rings. The van der Waals surface area contributed by atoms with Crippen LogP contribution in [0.1, 0.15) is 42.7 Å². The second-order valence-corrected chi connectivity index (χ2v) is 4.43. The van der Waals surface area contributed by atoms with E-state index in [0.29, 0.717) is 5.92 Å². The van der Waals surface area contributed by atoms with E-state index in [1.54, 1.807) is 0 Å². The van der Waals surface area contributed by atoms with E-state index >= 15 is 0 Å². The highest BCUT2D eigenvalue weighted by Crippen LogP contribution is 2.37. The molecule has 4 nitrogen and oxygen atoms in total. The lowest BCUT2D eigenvalue weighted by Gasteiger charge is -2.12. The fraction of sp³-hybridized carbons (Fsp3) is 0.727. The van der Waals surface area contributed by atoms with Gasteiger partial charge in [0.1, 0.15) is 6.10 Å². The predicted octanol–water partition coefficient (Wildman–Crippen LogP) is 1.18. The Labute approximate surface area is 89.4 Å². The van der Waals surface area contributed by atoms with Gasteiger partial charge in [0.2, 0.25) is 0 Å². The zero-order chi connectivity index (χ0) is 10.3. The lowest BCUT2D eigenvalue weighted by Crippen LogP contribution is -2.12. The molecule has 0 saturated carbocycles. The number of ether oxygens (including phenoxy) is 1. The van der Waals surface area contributed by atoms with E-state index in [2.05, 4.69) is 9.55 Å². The summed E-state index contributed by atoms with van der Waals surface area (Å²) in [4.78, 5) is 4.50. The molecule has 2 aliphatic heterocycles. The predicted molar refractivity (Wildman–Crippen MR) is 56.6 cm³/mol. The largest absolute Gasteiger partial charge is 0.372 e. The van der Waals surface area contributed by atoms with E-state index in [0.717, 1.165) is 44.7 Å². The summed E-state index contributed by atoms with van der Waals surface area (Å²) in [7, 11) is 0. The summed E-state index contributed by atoms with van der Waals surface area (Å²) in [5.74, 6) is 0.492. The van der Waals surface area contributed by atoms with Crippen molar-refractivity contribution in [2.45, 2.75) is 37.8 Å². The van der Waals surface area contributed by atoms with Crippen molar-refractivity contribution in [2.75, 3.05) is 13.2 Å². The summed E-state index contributed by atoms with van der Waals surface area (Å²) < 4.78 is 7.94. The van der Waals surface area contributed by atoms with Crippen LogP contribution >= 0.6 is 0 Å². The van der Waals surface area contributed by atoms with Gasteiger partial charge in [0, 0.05) is 31.3 Å². The summed E-state index contributed by atoms with van der Waals surface area (Å²) in [5.41, 5.74) is 8.28. The first kappa shape index (κ1) is 9.36. The summed E-state index contributed by atoms with van der Waals surface area (Å²) in [6, 6.07) is 0. The van der Waals surface area contributed by atoms with Crippen molar-refractivity contribution in [2.24, 2.45) is 5.73 Å². The highest BCUT2D eigenvalue weighted by Gasteiger charge is 2.31. The Morgan fingerprint density at radius 3 is 3.20 bits per heavy atom. The van der Waals surface area contributed by atoms with Crippen LogP contribution in [0.2, 0.25) is 0 Å². The van der Waals surface area contributed by atoms with Gasteiger partial charge in [0.05, 0.1) is 12.0 Å². The van der Waals surface area contributed by atoms with Crippen LogP contribution in [0.15, 0.2) is 6.33 Å². The van der Waals surface area contributed by atoms with Gasteiger partial charge in [-0.15, -0.1) is 0 Å². The maximum absolute atomic E-state index is 5.79. The van der Waals surface area contributed by atoms with E-state index < -0.39 is 0 Å². The van der Waals surface area contributed by atoms with Gasteiger partial charge < -0.3 is 15.0 Å². The van der Waals surface area contributed by atoms with Gasteiger partial charge in [-0.1, -0.05) is 0 Å². The zero-order valence-corrected chi connectivity index (χ0v) is 8.85. The van der Waals surface area contributed by atoms with Crippen LogP contribution in [0.4, 0.5) is 0 Å². The van der Waals surface area contributed by atoms with Crippen LogP contribution in [0, 0.1) is 0 Å². The molecule has 2 unspecified atom stereocenters. The summed E-state index contributed by atoms with van der Waals surface area (Å²) in [6.45, 7) is 2.67. The molecule has 0 aromatic carbocycles. The average molecular weight is 207 g/mol.